The van der Waals surface area contributed by atoms with Gasteiger partial charge >= 0.3 is 5.69 Å². The first kappa shape index (κ1) is 17.5. The second-order valence-electron chi connectivity index (χ2n) is 7.73. The molecular formula is C22H15N5O4. The molecule has 2 aromatic heterocycles. The maximum Gasteiger partial charge on any atom is 0.336 e. The van der Waals surface area contributed by atoms with Crippen LogP contribution in [0.3, 0.4) is 0 Å². The number of likely N-dealkylation sites (tertiary alicyclic amines) is 1. The van der Waals surface area contributed by atoms with Crippen molar-refractivity contribution in [2.75, 3.05) is 6.54 Å². The maximum absolute atomic E-state index is 13.3. The minimum Gasteiger partial charge on any atom is -0.493 e. The van der Waals surface area contributed by atoms with Gasteiger partial charge in [0.1, 0.15) is 5.69 Å². The van der Waals surface area contributed by atoms with E-state index in [4.69, 9.17) is 4.52 Å². The summed E-state index contributed by atoms with van der Waals surface area (Å²) in [7, 11) is 0. The Morgan fingerprint density at radius 2 is 2.00 bits per heavy atom. The number of hydrogen-bond acceptors (Lipinski definition) is 6. The van der Waals surface area contributed by atoms with Gasteiger partial charge in [0.15, 0.2) is 0 Å². The molecule has 2 aliphatic rings. The van der Waals surface area contributed by atoms with Crippen LogP contribution in [0.4, 0.5) is 0 Å². The predicted octanol–water partition coefficient (Wildman–Crippen LogP) is 2.50. The third kappa shape index (κ3) is 2.21. The molecule has 2 atom stereocenters. The van der Waals surface area contributed by atoms with Crippen molar-refractivity contribution in [3.05, 3.63) is 76.2 Å². The number of aromatic nitrogens is 3. The van der Waals surface area contributed by atoms with Crippen LogP contribution in [0.25, 0.3) is 16.5 Å². The second kappa shape index (κ2) is 6.09. The van der Waals surface area contributed by atoms with Crippen LogP contribution in [-0.2, 0) is 0 Å². The summed E-state index contributed by atoms with van der Waals surface area (Å²) in [6.07, 6.45) is 1.97. The Morgan fingerprint density at radius 1 is 1.19 bits per heavy atom. The van der Waals surface area contributed by atoms with E-state index in [9.17, 15) is 20.0 Å². The van der Waals surface area contributed by atoms with Gasteiger partial charge in [-0.25, -0.2) is 9.36 Å². The van der Waals surface area contributed by atoms with Gasteiger partial charge in [-0.1, -0.05) is 29.4 Å². The zero-order valence-corrected chi connectivity index (χ0v) is 16.1. The van der Waals surface area contributed by atoms with Crippen molar-refractivity contribution in [2.45, 2.75) is 18.5 Å². The lowest BCUT2D eigenvalue weighted by atomic mass is 10.0. The first-order chi connectivity index (χ1) is 15.1. The average Bonchev–Trinajstić information content (AvgIpc) is 3.57. The van der Waals surface area contributed by atoms with Crippen LogP contribution in [0, 0.1) is 11.3 Å². The van der Waals surface area contributed by atoms with E-state index in [2.05, 4.69) is 11.2 Å². The fourth-order valence-electron chi connectivity index (χ4n) is 4.93. The Labute approximate surface area is 174 Å². The highest BCUT2D eigenvalue weighted by Crippen LogP contribution is 2.49. The van der Waals surface area contributed by atoms with Gasteiger partial charge in [0.25, 0.3) is 5.91 Å². The molecule has 1 N–H and O–H groups in total. The smallest absolute Gasteiger partial charge is 0.336 e. The number of imidazole rings is 1. The van der Waals surface area contributed by atoms with E-state index in [-0.39, 0.29) is 29.3 Å². The van der Waals surface area contributed by atoms with Gasteiger partial charge < -0.3 is 14.5 Å². The normalized spacial score (nSPS) is 19.0. The number of rotatable bonds is 2. The highest BCUT2D eigenvalue weighted by atomic mass is 16.5. The van der Waals surface area contributed by atoms with Crippen LogP contribution in [0.2, 0.25) is 0 Å². The van der Waals surface area contributed by atoms with E-state index in [1.165, 1.54) is 16.8 Å². The van der Waals surface area contributed by atoms with Gasteiger partial charge in [0, 0.05) is 23.4 Å². The average molecular weight is 413 g/mol. The zero-order chi connectivity index (χ0) is 21.3. The van der Waals surface area contributed by atoms with E-state index < -0.39 is 6.04 Å². The molecule has 4 heterocycles. The number of hydrogen-bond donors (Lipinski definition) is 1. The molecule has 152 valence electrons. The van der Waals surface area contributed by atoms with Crippen LogP contribution >= 0.6 is 0 Å². The molecule has 31 heavy (non-hydrogen) atoms. The van der Waals surface area contributed by atoms with Gasteiger partial charge in [-0.2, -0.15) is 5.26 Å². The molecule has 4 aromatic rings. The molecule has 0 radical (unpaired) electrons. The number of fused-ring (bicyclic) bond motifs is 6. The van der Waals surface area contributed by atoms with E-state index >= 15 is 0 Å². The summed E-state index contributed by atoms with van der Waals surface area (Å²) in [6, 6.07) is 13.6. The van der Waals surface area contributed by atoms with Crippen molar-refractivity contribution in [3.63, 3.8) is 0 Å². The van der Waals surface area contributed by atoms with Crippen LogP contribution in [0.15, 0.2) is 58.0 Å². The minimum absolute atomic E-state index is 0.124. The minimum atomic E-state index is -0.429. The Balaban J connectivity index is 1.52. The van der Waals surface area contributed by atoms with E-state index in [0.29, 0.717) is 40.7 Å². The molecule has 0 unspecified atom stereocenters. The monoisotopic (exact) mass is 413 g/mol. The van der Waals surface area contributed by atoms with Crippen molar-refractivity contribution in [1.29, 1.82) is 5.26 Å². The summed E-state index contributed by atoms with van der Waals surface area (Å²) < 4.78 is 7.84. The lowest BCUT2D eigenvalue weighted by Crippen LogP contribution is -2.37. The first-order valence-corrected chi connectivity index (χ1v) is 9.80. The Bertz CT molecular complexity index is 1470. The molecule has 9 nitrogen and oxygen atoms in total. The molecule has 2 aromatic carbocycles. The molecule has 2 bridgehead atoms. The number of nitriles is 1. The highest BCUT2D eigenvalue weighted by molar-refractivity contribution is 5.94. The largest absolute Gasteiger partial charge is 0.493 e. The van der Waals surface area contributed by atoms with Crippen molar-refractivity contribution >= 4 is 16.7 Å². The third-order valence-corrected chi connectivity index (χ3v) is 6.23. The lowest BCUT2D eigenvalue weighted by molar-refractivity contribution is 0.0669. The number of benzene rings is 2. The third-order valence-electron chi connectivity index (χ3n) is 6.23. The molecule has 0 saturated carbocycles. The van der Waals surface area contributed by atoms with E-state index in [1.807, 2.05) is 24.3 Å². The van der Waals surface area contributed by atoms with Crippen LogP contribution in [-0.4, -0.2) is 36.7 Å². The summed E-state index contributed by atoms with van der Waals surface area (Å²) in [6.45, 7) is 0.356. The molecule has 2 aliphatic heterocycles. The highest BCUT2D eigenvalue weighted by Gasteiger charge is 2.49. The van der Waals surface area contributed by atoms with Crippen molar-refractivity contribution in [2.24, 2.45) is 0 Å². The van der Waals surface area contributed by atoms with Crippen molar-refractivity contribution in [1.82, 2.24) is 19.2 Å². The van der Waals surface area contributed by atoms with E-state index in [0.717, 1.165) is 0 Å². The summed E-state index contributed by atoms with van der Waals surface area (Å²) in [5, 5.41) is 25.5. The molecule has 1 fully saturated rings. The lowest BCUT2D eigenvalue weighted by Gasteiger charge is -2.26. The number of amides is 1. The molecule has 1 saturated heterocycles. The maximum atomic E-state index is 13.3. The van der Waals surface area contributed by atoms with E-state index in [1.54, 1.807) is 21.6 Å². The predicted molar refractivity (Wildman–Crippen MR) is 108 cm³/mol. The van der Waals surface area contributed by atoms with Gasteiger partial charge in [-0.05, 0) is 18.6 Å². The Kier molecular flexibility index (Phi) is 3.44. The SMILES string of the molecule is N#Cc1ccc(-n2c(O)c3n(c2=O)[C@H]2C[C@@H]3N(C(=O)c3ccno3)C2)c2ccccc12. The quantitative estimate of drug-likeness (QED) is 0.540. The summed E-state index contributed by atoms with van der Waals surface area (Å²) >= 11 is 0. The topological polar surface area (TPSA) is 117 Å². The zero-order valence-electron chi connectivity index (χ0n) is 16.1. The second-order valence-corrected chi connectivity index (χ2v) is 7.73. The van der Waals surface area contributed by atoms with Crippen molar-refractivity contribution in [3.8, 4) is 17.6 Å². The standard InChI is InChI=1S/C22H15N5O4/c23-10-12-5-6-16(15-4-2-1-3-14(12)15)27-21(29)19-17-9-13(26(19)22(27)30)11-25(17)20(28)18-7-8-24-31-18/h1-8,13,17,29H,9,11H2/t13-,17-/m0/s1. The molecule has 0 spiro atoms. The van der Waals surface area contributed by atoms with Gasteiger partial charge in [-0.3, -0.25) is 9.36 Å². The molecule has 1 amide bonds. The van der Waals surface area contributed by atoms with Crippen LogP contribution in [0.1, 0.15) is 40.3 Å². The first-order valence-electron chi connectivity index (χ1n) is 9.80. The van der Waals surface area contributed by atoms with Crippen LogP contribution in [0.5, 0.6) is 5.88 Å². The number of nitrogens with zero attached hydrogens (tertiary/aromatic N) is 5. The number of aromatic hydroxyl groups is 1. The van der Waals surface area contributed by atoms with Gasteiger partial charge in [0.05, 0.1) is 35.6 Å². The molecular weight excluding hydrogens is 398 g/mol. The fraction of sp³-hybridized carbons (Fsp3) is 0.182. The number of carbonyl (C=O) groups is 1. The molecule has 9 heteroatoms. The summed E-state index contributed by atoms with van der Waals surface area (Å²) in [5.41, 5.74) is 1.04. The summed E-state index contributed by atoms with van der Waals surface area (Å²) in [5.74, 6) is -0.388. The number of carbonyl (C=O) groups excluding carboxylic acids is 1. The molecule has 0 aliphatic carbocycles. The molecule has 6 rings (SSSR count). The van der Waals surface area contributed by atoms with Crippen LogP contribution < -0.4 is 5.69 Å². The Morgan fingerprint density at radius 3 is 2.74 bits per heavy atom. The Hall–Kier alpha value is -4.32. The fourth-order valence-corrected chi connectivity index (χ4v) is 4.93. The summed E-state index contributed by atoms with van der Waals surface area (Å²) in [4.78, 5) is 27.8. The van der Waals surface area contributed by atoms with Gasteiger partial charge in [0.2, 0.25) is 11.6 Å². The van der Waals surface area contributed by atoms with Crippen molar-refractivity contribution < 1.29 is 14.4 Å². The van der Waals surface area contributed by atoms with Gasteiger partial charge in [-0.15, -0.1) is 0 Å².